The zero-order chi connectivity index (χ0) is 16.8. The Morgan fingerprint density at radius 2 is 1.45 bits per heavy atom. The fraction of sp³-hybridized carbons (Fsp3) is 0.941. The van der Waals surface area contributed by atoms with Crippen LogP contribution >= 0.6 is 0 Å². The molecule has 2 aliphatic carbocycles. The maximum Gasteiger partial charge on any atom is 0.233 e. The molecule has 0 aromatic rings. The van der Waals surface area contributed by atoms with Crippen molar-refractivity contribution in [3.8, 4) is 0 Å². The third-order valence-corrected chi connectivity index (χ3v) is 5.14. The Labute approximate surface area is 133 Å². The summed E-state index contributed by atoms with van der Waals surface area (Å²) in [6.07, 6.45) is 6.76. The Morgan fingerprint density at radius 1 is 1.00 bits per heavy atom. The molecule has 0 bridgehead atoms. The minimum atomic E-state index is -1.18. The van der Waals surface area contributed by atoms with Crippen LogP contribution in [-0.4, -0.2) is 22.1 Å². The summed E-state index contributed by atoms with van der Waals surface area (Å²) in [5.74, 6) is 0.665. The van der Waals surface area contributed by atoms with Gasteiger partial charge in [-0.05, 0) is 42.9 Å². The van der Waals surface area contributed by atoms with Crippen LogP contribution < -0.4 is 0 Å². The van der Waals surface area contributed by atoms with Gasteiger partial charge in [0.15, 0.2) is 0 Å². The van der Waals surface area contributed by atoms with Gasteiger partial charge >= 0.3 is 0 Å². The number of ketones is 1. The van der Waals surface area contributed by atoms with Crippen LogP contribution in [0.2, 0.25) is 0 Å². The third-order valence-electron chi connectivity index (χ3n) is 5.14. The van der Waals surface area contributed by atoms with E-state index in [-0.39, 0.29) is 5.41 Å². The van der Waals surface area contributed by atoms with Crippen molar-refractivity contribution in [2.45, 2.75) is 84.8 Å². The highest BCUT2D eigenvalue weighted by atomic mass is 17.2. The highest BCUT2D eigenvalue weighted by Crippen LogP contribution is 2.42. The first kappa shape index (κ1) is 19.6. The molecule has 0 saturated heterocycles. The maximum atomic E-state index is 10.6. The quantitative estimate of drug-likeness (QED) is 0.440. The second-order valence-electron chi connectivity index (χ2n) is 7.95. The Bertz CT molecular complexity index is 323. The molecule has 0 aromatic heterocycles. The Morgan fingerprint density at radius 3 is 1.77 bits per heavy atom. The normalized spacial score (nSPS) is 23.8. The molecular weight excluding hydrogens is 284 g/mol. The lowest BCUT2D eigenvalue weighted by Gasteiger charge is -2.40. The van der Waals surface area contributed by atoms with Gasteiger partial charge in [-0.1, -0.05) is 27.7 Å². The zero-order valence-electron chi connectivity index (χ0n) is 14.4. The first-order chi connectivity index (χ1) is 10.2. The van der Waals surface area contributed by atoms with E-state index in [0.717, 1.165) is 44.4 Å². The zero-order valence-corrected chi connectivity index (χ0v) is 14.4. The van der Waals surface area contributed by atoms with E-state index in [0.29, 0.717) is 24.5 Å². The second kappa shape index (κ2) is 8.39. The fourth-order valence-corrected chi connectivity index (χ4v) is 3.21. The molecule has 0 radical (unpaired) electrons. The lowest BCUT2D eigenvalue weighted by molar-refractivity contribution is -0.494. The van der Waals surface area contributed by atoms with E-state index in [9.17, 15) is 4.79 Å². The van der Waals surface area contributed by atoms with E-state index in [2.05, 4.69) is 37.5 Å². The largest absolute Gasteiger partial charge is 0.300 e. The van der Waals surface area contributed by atoms with Crippen LogP contribution in [0.5, 0.6) is 0 Å². The van der Waals surface area contributed by atoms with Crippen molar-refractivity contribution in [2.75, 3.05) is 0 Å². The van der Waals surface area contributed by atoms with E-state index in [1.54, 1.807) is 0 Å². The summed E-state index contributed by atoms with van der Waals surface area (Å²) in [5.41, 5.74) is 0.261. The molecule has 0 aliphatic heterocycles. The van der Waals surface area contributed by atoms with Crippen LogP contribution in [0.1, 0.15) is 79.1 Å². The molecule has 2 N–H and O–H groups in total. The summed E-state index contributed by atoms with van der Waals surface area (Å²) in [6, 6.07) is 0. The summed E-state index contributed by atoms with van der Waals surface area (Å²) in [6.45, 7) is 8.81. The van der Waals surface area contributed by atoms with Gasteiger partial charge in [-0.2, -0.15) is 0 Å². The summed E-state index contributed by atoms with van der Waals surface area (Å²) in [5, 5.41) is 17.3. The molecule has 0 atom stereocenters. The molecule has 2 rings (SSSR count). The first-order valence-electron chi connectivity index (χ1n) is 8.39. The van der Waals surface area contributed by atoms with Crippen LogP contribution in [0, 0.1) is 17.3 Å². The summed E-state index contributed by atoms with van der Waals surface area (Å²) < 4.78 is 0. The van der Waals surface area contributed by atoms with Crippen molar-refractivity contribution < 1.29 is 25.1 Å². The summed E-state index contributed by atoms with van der Waals surface area (Å²) in [4.78, 5) is 19.0. The number of hydrogen-bond acceptors (Lipinski definition) is 5. The smallest absolute Gasteiger partial charge is 0.233 e. The molecule has 0 aromatic carbocycles. The van der Waals surface area contributed by atoms with E-state index in [1.807, 2.05) is 0 Å². The monoisotopic (exact) mass is 316 g/mol. The van der Waals surface area contributed by atoms with E-state index in [4.69, 9.17) is 10.5 Å². The van der Waals surface area contributed by atoms with Gasteiger partial charge in [0.1, 0.15) is 5.78 Å². The van der Waals surface area contributed by atoms with Crippen molar-refractivity contribution in [3.05, 3.63) is 0 Å². The molecule has 2 aliphatic rings. The SMILES string of the molecule is CC(C)(C)C1CCC(OO)(OO)CC1.CC1CCC(=O)CC1. The number of hydrogen-bond donors (Lipinski definition) is 2. The van der Waals surface area contributed by atoms with Gasteiger partial charge < -0.3 is 0 Å². The average molecular weight is 316 g/mol. The molecule has 22 heavy (non-hydrogen) atoms. The van der Waals surface area contributed by atoms with Crippen LogP contribution in [0.25, 0.3) is 0 Å². The Kier molecular flexibility index (Phi) is 7.46. The molecule has 0 amide bonds. The van der Waals surface area contributed by atoms with Gasteiger partial charge in [0.05, 0.1) is 0 Å². The van der Waals surface area contributed by atoms with Crippen molar-refractivity contribution >= 4 is 5.78 Å². The van der Waals surface area contributed by atoms with Crippen molar-refractivity contribution in [1.29, 1.82) is 0 Å². The molecule has 5 nitrogen and oxygen atoms in total. The van der Waals surface area contributed by atoms with Gasteiger partial charge in [-0.15, -0.1) is 0 Å². The third kappa shape index (κ3) is 5.95. The number of carbonyl (C=O) groups is 1. The molecule has 2 fully saturated rings. The molecule has 2 saturated carbocycles. The number of rotatable bonds is 2. The lowest BCUT2D eigenvalue weighted by atomic mass is 9.71. The minimum absolute atomic E-state index is 0.261. The van der Waals surface area contributed by atoms with Gasteiger partial charge in [0.25, 0.3) is 0 Å². The van der Waals surface area contributed by atoms with Crippen LogP contribution in [0.15, 0.2) is 0 Å². The van der Waals surface area contributed by atoms with Gasteiger partial charge in [0.2, 0.25) is 5.79 Å². The summed E-state index contributed by atoms with van der Waals surface area (Å²) in [7, 11) is 0. The Balaban J connectivity index is 0.000000255. The first-order valence-corrected chi connectivity index (χ1v) is 8.39. The van der Waals surface area contributed by atoms with E-state index in [1.165, 1.54) is 0 Å². The van der Waals surface area contributed by atoms with Crippen LogP contribution in [0.3, 0.4) is 0 Å². The molecule has 0 spiro atoms. The van der Waals surface area contributed by atoms with Crippen molar-refractivity contribution in [2.24, 2.45) is 17.3 Å². The van der Waals surface area contributed by atoms with E-state index >= 15 is 0 Å². The fourth-order valence-electron chi connectivity index (χ4n) is 3.21. The number of Topliss-reactive ketones (excluding diaryl/α,β-unsaturated/α-hetero) is 1. The predicted molar refractivity (Wildman–Crippen MR) is 84.2 cm³/mol. The van der Waals surface area contributed by atoms with Gasteiger partial charge in [0, 0.05) is 25.7 Å². The summed E-state index contributed by atoms with van der Waals surface area (Å²) >= 11 is 0. The molecule has 0 unspecified atom stereocenters. The topological polar surface area (TPSA) is 76.0 Å². The molecular formula is C17H32O5. The predicted octanol–water partition coefficient (Wildman–Crippen LogP) is 4.66. The van der Waals surface area contributed by atoms with Crippen LogP contribution in [-0.2, 0) is 14.6 Å². The molecule has 130 valence electrons. The minimum Gasteiger partial charge on any atom is -0.300 e. The maximum absolute atomic E-state index is 10.6. The molecule has 5 heteroatoms. The molecule has 0 heterocycles. The second-order valence-corrected chi connectivity index (χ2v) is 7.95. The standard InChI is InChI=1S/C10H20O4.C7H12O/c1-9(2,3)8-4-6-10(13-11,14-12)7-5-8;1-6-2-4-7(8)5-3-6/h8,11-12H,4-7H2,1-3H3;6H,2-5H2,1H3. The average Bonchev–Trinajstić information content (AvgIpc) is 2.50. The van der Waals surface area contributed by atoms with Gasteiger partial charge in [-0.25, -0.2) is 20.3 Å². The van der Waals surface area contributed by atoms with Crippen molar-refractivity contribution in [3.63, 3.8) is 0 Å². The Hall–Kier alpha value is -0.490. The highest BCUT2D eigenvalue weighted by Gasteiger charge is 2.41. The van der Waals surface area contributed by atoms with Crippen molar-refractivity contribution in [1.82, 2.24) is 0 Å². The number of carbonyl (C=O) groups excluding carboxylic acids is 1. The van der Waals surface area contributed by atoms with E-state index < -0.39 is 5.79 Å². The highest BCUT2D eigenvalue weighted by molar-refractivity contribution is 5.78. The van der Waals surface area contributed by atoms with Gasteiger partial charge in [-0.3, -0.25) is 4.79 Å². The van der Waals surface area contributed by atoms with Crippen LogP contribution in [0.4, 0.5) is 0 Å². The lowest BCUT2D eigenvalue weighted by Crippen LogP contribution is -2.40.